The molecule has 1 aliphatic rings. The van der Waals surface area contributed by atoms with Crippen LogP contribution in [0.4, 0.5) is 0 Å². The molecule has 1 fully saturated rings. The molecule has 21 heavy (non-hydrogen) atoms. The van der Waals surface area contributed by atoms with Crippen LogP contribution in [0.5, 0.6) is 0 Å². The van der Waals surface area contributed by atoms with Crippen LogP contribution in [-0.4, -0.2) is 18.6 Å². The van der Waals surface area contributed by atoms with Gasteiger partial charge >= 0.3 is 0 Å². The lowest BCUT2D eigenvalue weighted by Gasteiger charge is -2.20. The lowest BCUT2D eigenvalue weighted by atomic mass is 10.0. The van der Waals surface area contributed by atoms with Crippen LogP contribution in [0, 0.1) is 0 Å². The molecule has 1 aliphatic heterocycles. The van der Waals surface area contributed by atoms with E-state index in [9.17, 15) is 4.79 Å². The maximum atomic E-state index is 12.3. The Morgan fingerprint density at radius 1 is 1.29 bits per heavy atom. The highest BCUT2D eigenvalue weighted by Gasteiger charge is 2.26. The van der Waals surface area contributed by atoms with Crippen LogP contribution in [0.15, 0.2) is 41.1 Å². The van der Waals surface area contributed by atoms with E-state index in [-0.39, 0.29) is 18.1 Å². The molecule has 0 bridgehead atoms. The van der Waals surface area contributed by atoms with Crippen molar-refractivity contribution in [3.63, 3.8) is 0 Å². The number of amides is 1. The minimum atomic E-state index is -0.321. The summed E-state index contributed by atoms with van der Waals surface area (Å²) in [6.45, 7) is 0.669. The molecule has 1 saturated heterocycles. The van der Waals surface area contributed by atoms with Crippen molar-refractivity contribution in [1.29, 1.82) is 0 Å². The van der Waals surface area contributed by atoms with Crippen molar-refractivity contribution in [1.82, 2.24) is 5.32 Å². The normalized spacial score (nSPS) is 19.4. The molecule has 0 unspecified atom stereocenters. The molecule has 0 radical (unpaired) electrons. The first kappa shape index (κ1) is 14.6. The van der Waals surface area contributed by atoms with E-state index in [1.54, 1.807) is 11.3 Å². The summed E-state index contributed by atoms with van der Waals surface area (Å²) in [4.78, 5) is 12.3. The van der Waals surface area contributed by atoms with Gasteiger partial charge in [0.05, 0.1) is 6.04 Å². The molecule has 3 rings (SSSR count). The van der Waals surface area contributed by atoms with Crippen molar-refractivity contribution < 1.29 is 9.53 Å². The molecule has 3 nitrogen and oxygen atoms in total. The van der Waals surface area contributed by atoms with Crippen LogP contribution in [0.25, 0.3) is 0 Å². The molecule has 2 aromatic rings. The van der Waals surface area contributed by atoms with Crippen LogP contribution in [0.1, 0.15) is 30.0 Å². The van der Waals surface area contributed by atoms with E-state index in [4.69, 9.17) is 16.3 Å². The number of thiophene rings is 1. The second-order valence-electron chi connectivity index (χ2n) is 5.05. The summed E-state index contributed by atoms with van der Waals surface area (Å²) in [5.41, 5.74) is 2.10. The molecule has 2 atom stereocenters. The second kappa shape index (κ2) is 6.60. The highest BCUT2D eigenvalue weighted by molar-refractivity contribution is 7.08. The lowest BCUT2D eigenvalue weighted by Crippen LogP contribution is -2.37. The van der Waals surface area contributed by atoms with Gasteiger partial charge in [0.1, 0.15) is 6.10 Å². The molecule has 1 N–H and O–H groups in total. The highest BCUT2D eigenvalue weighted by atomic mass is 35.5. The lowest BCUT2D eigenvalue weighted by molar-refractivity contribution is -0.130. The number of carbonyl (C=O) groups is 1. The number of carbonyl (C=O) groups excluding carboxylic acids is 1. The molecule has 2 heterocycles. The predicted molar refractivity (Wildman–Crippen MR) is 84.7 cm³/mol. The van der Waals surface area contributed by atoms with Gasteiger partial charge in [-0.3, -0.25) is 4.79 Å². The zero-order chi connectivity index (χ0) is 14.7. The van der Waals surface area contributed by atoms with Crippen molar-refractivity contribution in [2.75, 3.05) is 6.61 Å². The Morgan fingerprint density at radius 2 is 2.10 bits per heavy atom. The van der Waals surface area contributed by atoms with Gasteiger partial charge in [-0.05, 0) is 52.9 Å². The summed E-state index contributed by atoms with van der Waals surface area (Å²) in [6.07, 6.45) is 1.42. The minimum Gasteiger partial charge on any atom is -0.368 e. The van der Waals surface area contributed by atoms with E-state index in [0.717, 1.165) is 24.0 Å². The number of hydrogen-bond donors (Lipinski definition) is 1. The first-order chi connectivity index (χ1) is 10.2. The molecule has 0 aliphatic carbocycles. The third kappa shape index (κ3) is 3.46. The molecule has 0 spiro atoms. The fourth-order valence-corrected chi connectivity index (χ4v) is 3.29. The highest BCUT2D eigenvalue weighted by Crippen LogP contribution is 2.26. The zero-order valence-electron chi connectivity index (χ0n) is 11.4. The summed E-state index contributed by atoms with van der Waals surface area (Å²) >= 11 is 7.56. The average Bonchev–Trinajstić information content (AvgIpc) is 3.19. The van der Waals surface area contributed by atoms with E-state index < -0.39 is 0 Å². The third-order valence-electron chi connectivity index (χ3n) is 3.59. The average molecular weight is 322 g/mol. The van der Waals surface area contributed by atoms with Gasteiger partial charge in [0, 0.05) is 11.6 Å². The summed E-state index contributed by atoms with van der Waals surface area (Å²) in [5.74, 6) is -0.0429. The number of halogens is 1. The fourth-order valence-electron chi connectivity index (χ4n) is 2.47. The smallest absolute Gasteiger partial charge is 0.249 e. The van der Waals surface area contributed by atoms with Gasteiger partial charge in [-0.2, -0.15) is 11.3 Å². The van der Waals surface area contributed by atoms with Gasteiger partial charge in [-0.1, -0.05) is 23.7 Å². The summed E-state index contributed by atoms with van der Waals surface area (Å²) < 4.78 is 5.46. The molecular formula is C16H16ClNO2S. The Balaban J connectivity index is 1.82. The topological polar surface area (TPSA) is 38.3 Å². The quantitative estimate of drug-likeness (QED) is 0.930. The zero-order valence-corrected chi connectivity index (χ0v) is 13.0. The van der Waals surface area contributed by atoms with E-state index in [0.29, 0.717) is 11.6 Å². The number of nitrogens with one attached hydrogen (secondary N) is 1. The van der Waals surface area contributed by atoms with Gasteiger partial charge in [-0.25, -0.2) is 0 Å². The first-order valence-corrected chi connectivity index (χ1v) is 8.25. The predicted octanol–water partition coefficient (Wildman–Crippen LogP) is 3.79. The van der Waals surface area contributed by atoms with E-state index in [2.05, 4.69) is 10.7 Å². The van der Waals surface area contributed by atoms with Gasteiger partial charge in [0.15, 0.2) is 0 Å². The maximum Gasteiger partial charge on any atom is 0.249 e. The number of rotatable bonds is 4. The van der Waals surface area contributed by atoms with Crippen molar-refractivity contribution in [3.05, 3.63) is 57.2 Å². The van der Waals surface area contributed by atoms with Gasteiger partial charge < -0.3 is 10.1 Å². The summed E-state index contributed by atoms with van der Waals surface area (Å²) in [6, 6.07) is 9.44. The Morgan fingerprint density at radius 3 is 2.71 bits per heavy atom. The van der Waals surface area contributed by atoms with Gasteiger partial charge in [-0.15, -0.1) is 0 Å². The fraction of sp³-hybridized carbons (Fsp3) is 0.312. The van der Waals surface area contributed by atoms with Crippen LogP contribution in [0.2, 0.25) is 5.02 Å². The standard InChI is InChI=1S/C16H16ClNO2S/c17-13-5-3-11(4-6-13)15(12-7-9-21-10-12)18-16(19)14-2-1-8-20-14/h3-7,9-10,14-15H,1-2,8H2,(H,18,19)/t14-,15-/m1/s1. The van der Waals surface area contributed by atoms with Gasteiger partial charge in [0.2, 0.25) is 5.91 Å². The van der Waals surface area contributed by atoms with Crippen LogP contribution in [0.3, 0.4) is 0 Å². The van der Waals surface area contributed by atoms with Crippen molar-refractivity contribution in [2.45, 2.75) is 25.0 Å². The van der Waals surface area contributed by atoms with E-state index in [1.165, 1.54) is 0 Å². The molecule has 1 aromatic heterocycles. The van der Waals surface area contributed by atoms with E-state index >= 15 is 0 Å². The van der Waals surface area contributed by atoms with Crippen LogP contribution >= 0.6 is 22.9 Å². The van der Waals surface area contributed by atoms with Crippen molar-refractivity contribution in [2.24, 2.45) is 0 Å². The van der Waals surface area contributed by atoms with Crippen LogP contribution < -0.4 is 5.32 Å². The third-order valence-corrected chi connectivity index (χ3v) is 4.54. The van der Waals surface area contributed by atoms with Gasteiger partial charge in [0.25, 0.3) is 0 Å². The Bertz CT molecular complexity index is 591. The molecule has 5 heteroatoms. The minimum absolute atomic E-state index is 0.0429. The number of ether oxygens (including phenoxy) is 1. The molecular weight excluding hydrogens is 306 g/mol. The molecule has 1 amide bonds. The molecule has 110 valence electrons. The largest absolute Gasteiger partial charge is 0.368 e. The monoisotopic (exact) mass is 321 g/mol. The first-order valence-electron chi connectivity index (χ1n) is 6.93. The van der Waals surface area contributed by atoms with Crippen LogP contribution in [-0.2, 0) is 9.53 Å². The van der Waals surface area contributed by atoms with E-state index in [1.807, 2.05) is 35.7 Å². The molecule has 0 saturated carbocycles. The second-order valence-corrected chi connectivity index (χ2v) is 6.27. The Hall–Kier alpha value is -1.36. The summed E-state index contributed by atoms with van der Waals surface area (Å²) in [5, 5.41) is 7.85. The summed E-state index contributed by atoms with van der Waals surface area (Å²) in [7, 11) is 0. The number of benzene rings is 1. The van der Waals surface area contributed by atoms with Crippen molar-refractivity contribution in [3.8, 4) is 0 Å². The molecule has 1 aromatic carbocycles. The Kier molecular flexibility index (Phi) is 4.58. The van der Waals surface area contributed by atoms with Crippen molar-refractivity contribution >= 4 is 28.8 Å². The Labute approximate surface area is 132 Å². The SMILES string of the molecule is O=C(N[C@H](c1ccc(Cl)cc1)c1ccsc1)[C@H]1CCCO1. The maximum absolute atomic E-state index is 12.3. The number of hydrogen-bond acceptors (Lipinski definition) is 3.